The van der Waals surface area contributed by atoms with E-state index in [0.717, 1.165) is 60.7 Å². The van der Waals surface area contributed by atoms with Crippen molar-refractivity contribution in [2.24, 2.45) is 0 Å². The summed E-state index contributed by atoms with van der Waals surface area (Å²) >= 11 is 5.95. The first kappa shape index (κ1) is 20.7. The first-order valence-electron chi connectivity index (χ1n) is 10.6. The molecule has 1 amide bonds. The molecule has 0 unspecified atom stereocenters. The van der Waals surface area contributed by atoms with Crippen LogP contribution in [0.5, 0.6) is 0 Å². The van der Waals surface area contributed by atoms with Gasteiger partial charge in [-0.05, 0) is 49.4 Å². The number of amides is 1. The first-order valence-corrected chi connectivity index (χ1v) is 11.0. The number of benzene rings is 1. The number of carbonyl (C=O) groups is 1. The Morgan fingerprint density at radius 2 is 2.17 bits per heavy atom. The topological polar surface area (TPSA) is 75.0 Å². The summed E-state index contributed by atoms with van der Waals surface area (Å²) in [6, 6.07) is 9.62. The van der Waals surface area contributed by atoms with Gasteiger partial charge in [-0.25, -0.2) is 4.98 Å². The number of unbranched alkanes of at least 4 members (excludes halogenated alkanes) is 1. The van der Waals surface area contributed by atoms with E-state index in [1.165, 1.54) is 0 Å². The van der Waals surface area contributed by atoms with E-state index >= 15 is 0 Å². The minimum atomic E-state index is -0.0216. The zero-order valence-corrected chi connectivity index (χ0v) is 18.0. The second kappa shape index (κ2) is 9.47. The molecule has 158 valence electrons. The van der Waals surface area contributed by atoms with Crippen molar-refractivity contribution in [3.63, 3.8) is 0 Å². The quantitative estimate of drug-likeness (QED) is 0.576. The van der Waals surface area contributed by atoms with Crippen LogP contribution >= 0.6 is 11.6 Å². The summed E-state index contributed by atoms with van der Waals surface area (Å²) in [4.78, 5) is 19.3. The van der Waals surface area contributed by atoms with Crippen molar-refractivity contribution in [3.8, 4) is 0 Å². The van der Waals surface area contributed by atoms with Crippen molar-refractivity contribution < 1.29 is 9.21 Å². The van der Waals surface area contributed by atoms with E-state index in [9.17, 15) is 4.79 Å². The second-order valence-corrected chi connectivity index (χ2v) is 8.38. The van der Waals surface area contributed by atoms with E-state index < -0.39 is 0 Å². The lowest BCUT2D eigenvalue weighted by molar-refractivity contribution is 0.0692. The Morgan fingerprint density at radius 3 is 2.97 bits per heavy atom. The maximum atomic E-state index is 12.9. The van der Waals surface area contributed by atoms with E-state index in [-0.39, 0.29) is 11.8 Å². The van der Waals surface area contributed by atoms with Crippen LogP contribution in [0.3, 0.4) is 0 Å². The minimum Gasteiger partial charge on any atom is -0.445 e. The minimum absolute atomic E-state index is 0.0216. The molecular weight excluding hydrogens is 400 g/mol. The number of nitrogens with zero attached hydrogens (tertiary/aromatic N) is 3. The third-order valence-electron chi connectivity index (χ3n) is 5.57. The highest BCUT2D eigenvalue weighted by atomic mass is 35.5. The van der Waals surface area contributed by atoms with Crippen molar-refractivity contribution in [3.05, 3.63) is 70.2 Å². The number of piperidine rings is 1. The third-order valence-corrected chi connectivity index (χ3v) is 5.82. The van der Waals surface area contributed by atoms with E-state index in [2.05, 4.69) is 22.1 Å². The SMILES string of the molecule is CCCCc1cc(C(=O)N2CCC[C@H](c3ncc(Cc4ccc(Cl)cc4)o3)C2)n[nH]1. The number of nitrogens with one attached hydrogen (secondary N) is 1. The lowest BCUT2D eigenvalue weighted by Crippen LogP contribution is -2.39. The summed E-state index contributed by atoms with van der Waals surface area (Å²) in [6.45, 7) is 3.50. The van der Waals surface area contributed by atoms with Crippen LogP contribution in [0.4, 0.5) is 0 Å². The average molecular weight is 427 g/mol. The van der Waals surface area contributed by atoms with Gasteiger partial charge in [0.15, 0.2) is 5.89 Å². The van der Waals surface area contributed by atoms with E-state index in [0.29, 0.717) is 24.6 Å². The fourth-order valence-electron chi connectivity index (χ4n) is 3.89. The number of aromatic nitrogens is 3. The highest BCUT2D eigenvalue weighted by Crippen LogP contribution is 2.28. The van der Waals surface area contributed by atoms with Gasteiger partial charge in [0.2, 0.25) is 0 Å². The number of H-pyrrole nitrogens is 1. The molecule has 7 heteroatoms. The molecule has 3 aromatic rings. The van der Waals surface area contributed by atoms with Gasteiger partial charge in [-0.1, -0.05) is 37.1 Å². The van der Waals surface area contributed by atoms with E-state index in [1.807, 2.05) is 35.2 Å². The Hall–Kier alpha value is -2.60. The van der Waals surface area contributed by atoms with E-state index in [4.69, 9.17) is 16.0 Å². The predicted octanol–water partition coefficient (Wildman–Crippen LogP) is 5.00. The molecule has 1 fully saturated rings. The Labute approximate surface area is 181 Å². The fourth-order valence-corrected chi connectivity index (χ4v) is 4.01. The zero-order valence-electron chi connectivity index (χ0n) is 17.2. The number of rotatable bonds is 7. The molecule has 4 rings (SSSR count). The molecule has 0 spiro atoms. The predicted molar refractivity (Wildman–Crippen MR) is 116 cm³/mol. The number of likely N-dealkylation sites (tertiary alicyclic amines) is 1. The number of oxazole rings is 1. The van der Waals surface area contributed by atoms with Gasteiger partial charge in [0.1, 0.15) is 11.5 Å². The molecule has 1 aliphatic heterocycles. The van der Waals surface area contributed by atoms with Crippen LogP contribution in [-0.4, -0.2) is 39.1 Å². The van der Waals surface area contributed by atoms with E-state index in [1.54, 1.807) is 6.20 Å². The van der Waals surface area contributed by atoms with Crippen LogP contribution in [-0.2, 0) is 12.8 Å². The third kappa shape index (κ3) is 4.93. The largest absolute Gasteiger partial charge is 0.445 e. The molecule has 30 heavy (non-hydrogen) atoms. The number of hydrogen-bond donors (Lipinski definition) is 1. The number of aromatic amines is 1. The molecule has 6 nitrogen and oxygen atoms in total. The van der Waals surface area contributed by atoms with Crippen LogP contribution in [0, 0.1) is 0 Å². The van der Waals surface area contributed by atoms with Crippen LogP contribution in [0.2, 0.25) is 5.02 Å². The number of carbonyl (C=O) groups excluding carboxylic acids is 1. The van der Waals surface area contributed by atoms with Crippen LogP contribution in [0.1, 0.15) is 71.9 Å². The van der Waals surface area contributed by atoms with Gasteiger partial charge in [-0.2, -0.15) is 5.10 Å². The molecule has 0 radical (unpaired) electrons. The molecule has 1 N–H and O–H groups in total. The molecule has 0 saturated carbocycles. The maximum absolute atomic E-state index is 12.9. The summed E-state index contributed by atoms with van der Waals surface area (Å²) < 4.78 is 6.04. The molecular formula is C23H27ClN4O2. The number of halogens is 1. The Balaban J connectivity index is 1.39. The average Bonchev–Trinajstić information content (AvgIpc) is 3.43. The second-order valence-electron chi connectivity index (χ2n) is 7.94. The van der Waals surface area contributed by atoms with Crippen molar-refractivity contribution in [2.75, 3.05) is 13.1 Å². The molecule has 1 saturated heterocycles. The van der Waals surface area contributed by atoms with Crippen LogP contribution in [0.25, 0.3) is 0 Å². The van der Waals surface area contributed by atoms with Crippen LogP contribution in [0.15, 0.2) is 40.9 Å². The highest BCUT2D eigenvalue weighted by molar-refractivity contribution is 6.30. The van der Waals surface area contributed by atoms with Crippen molar-refractivity contribution in [1.29, 1.82) is 0 Å². The first-order chi connectivity index (χ1) is 14.6. The molecule has 3 heterocycles. The van der Waals surface area contributed by atoms with Gasteiger partial charge in [0, 0.05) is 30.2 Å². The van der Waals surface area contributed by atoms with Crippen molar-refractivity contribution >= 4 is 17.5 Å². The molecule has 0 aliphatic carbocycles. The van der Waals surface area contributed by atoms with Gasteiger partial charge in [0.25, 0.3) is 5.91 Å². The van der Waals surface area contributed by atoms with Crippen molar-refractivity contribution in [1.82, 2.24) is 20.1 Å². The fraction of sp³-hybridized carbons (Fsp3) is 0.435. The van der Waals surface area contributed by atoms with Gasteiger partial charge >= 0.3 is 0 Å². The smallest absolute Gasteiger partial charge is 0.274 e. The maximum Gasteiger partial charge on any atom is 0.274 e. The summed E-state index contributed by atoms with van der Waals surface area (Å²) in [7, 11) is 0. The van der Waals surface area contributed by atoms with Gasteiger partial charge in [-0.15, -0.1) is 0 Å². The van der Waals surface area contributed by atoms with Gasteiger partial charge in [-0.3, -0.25) is 9.89 Å². The zero-order chi connectivity index (χ0) is 20.9. The van der Waals surface area contributed by atoms with Crippen molar-refractivity contribution in [2.45, 2.75) is 51.4 Å². The summed E-state index contributed by atoms with van der Waals surface area (Å²) in [5.74, 6) is 1.62. The molecule has 1 aliphatic rings. The van der Waals surface area contributed by atoms with Gasteiger partial charge in [0.05, 0.1) is 12.1 Å². The number of aryl methyl sites for hydroxylation is 1. The lowest BCUT2D eigenvalue weighted by atomic mass is 9.97. The standard InChI is InChI=1S/C23H27ClN4O2/c1-2-3-6-19-13-21(27-26-19)23(29)28-11-4-5-17(15-28)22-25-14-20(30-22)12-16-7-9-18(24)10-8-16/h7-10,13-14,17H,2-6,11-12,15H2,1H3,(H,26,27)/t17-/m0/s1. The van der Waals surface area contributed by atoms with Crippen LogP contribution < -0.4 is 0 Å². The monoisotopic (exact) mass is 426 g/mol. The summed E-state index contributed by atoms with van der Waals surface area (Å²) in [5.41, 5.74) is 2.64. The number of hydrogen-bond acceptors (Lipinski definition) is 4. The Kier molecular flexibility index (Phi) is 6.53. The normalized spacial score (nSPS) is 16.7. The molecule has 1 aromatic carbocycles. The molecule has 1 atom stereocenters. The van der Waals surface area contributed by atoms with Gasteiger partial charge < -0.3 is 9.32 Å². The highest BCUT2D eigenvalue weighted by Gasteiger charge is 2.29. The molecule has 2 aromatic heterocycles. The summed E-state index contributed by atoms with van der Waals surface area (Å²) in [6.07, 6.45) is 7.49. The molecule has 0 bridgehead atoms. The summed E-state index contributed by atoms with van der Waals surface area (Å²) in [5, 5.41) is 7.95. The Bertz CT molecular complexity index is 979. The lowest BCUT2D eigenvalue weighted by Gasteiger charge is -2.30. The Morgan fingerprint density at radius 1 is 1.33 bits per heavy atom.